The molecule has 0 N–H and O–H groups in total. The van der Waals surface area contributed by atoms with E-state index in [-0.39, 0.29) is 11.9 Å². The molecule has 6 heteroatoms. The van der Waals surface area contributed by atoms with Crippen LogP contribution in [0, 0.1) is 6.92 Å². The normalized spacial score (nSPS) is 12.5. The number of fused-ring (bicyclic) bond motifs is 1. The summed E-state index contributed by atoms with van der Waals surface area (Å²) < 4.78 is 2.80. The first-order valence-corrected chi connectivity index (χ1v) is 7.92. The standard InChI is InChI=1S/C16H18N4OS/c1-10-9-19(3)18-14(10)16(21)20(4)11(2)15-17-12-7-5-6-8-13(12)22-15/h5-9,11H,1-4H3. The van der Waals surface area contributed by atoms with E-state index in [0.29, 0.717) is 5.69 Å². The molecule has 0 fully saturated rings. The molecule has 3 aromatic rings. The second-order valence-electron chi connectivity index (χ2n) is 5.45. The van der Waals surface area contributed by atoms with Crippen molar-refractivity contribution < 1.29 is 4.79 Å². The van der Waals surface area contributed by atoms with Gasteiger partial charge >= 0.3 is 0 Å². The highest BCUT2D eigenvalue weighted by atomic mass is 32.1. The van der Waals surface area contributed by atoms with Gasteiger partial charge in [-0.3, -0.25) is 9.48 Å². The molecule has 0 bridgehead atoms. The van der Waals surface area contributed by atoms with E-state index in [2.05, 4.69) is 10.1 Å². The van der Waals surface area contributed by atoms with E-state index in [1.807, 2.05) is 51.4 Å². The van der Waals surface area contributed by atoms with Gasteiger partial charge < -0.3 is 4.90 Å². The van der Waals surface area contributed by atoms with E-state index in [1.165, 1.54) is 0 Å². The lowest BCUT2D eigenvalue weighted by atomic mass is 10.2. The average molecular weight is 314 g/mol. The van der Waals surface area contributed by atoms with Crippen molar-refractivity contribution in [3.63, 3.8) is 0 Å². The van der Waals surface area contributed by atoms with Gasteiger partial charge in [0.05, 0.1) is 16.3 Å². The molecular weight excluding hydrogens is 296 g/mol. The number of aryl methyl sites for hydroxylation is 2. The smallest absolute Gasteiger partial charge is 0.274 e. The van der Waals surface area contributed by atoms with Crippen LogP contribution in [0.3, 0.4) is 0 Å². The Morgan fingerprint density at radius 2 is 2.09 bits per heavy atom. The Morgan fingerprint density at radius 1 is 1.36 bits per heavy atom. The van der Waals surface area contributed by atoms with Crippen LogP contribution in [-0.2, 0) is 7.05 Å². The van der Waals surface area contributed by atoms with Crippen molar-refractivity contribution in [3.8, 4) is 0 Å². The second-order valence-corrected chi connectivity index (χ2v) is 6.51. The van der Waals surface area contributed by atoms with Gasteiger partial charge in [-0.25, -0.2) is 4.98 Å². The van der Waals surface area contributed by atoms with Crippen molar-refractivity contribution in [2.24, 2.45) is 7.05 Å². The van der Waals surface area contributed by atoms with Crippen molar-refractivity contribution in [2.45, 2.75) is 19.9 Å². The van der Waals surface area contributed by atoms with Crippen molar-refractivity contribution in [1.29, 1.82) is 0 Å². The Balaban J connectivity index is 1.89. The van der Waals surface area contributed by atoms with E-state index < -0.39 is 0 Å². The third kappa shape index (κ3) is 2.50. The minimum absolute atomic E-state index is 0.0788. The topological polar surface area (TPSA) is 51.0 Å². The molecule has 5 nitrogen and oxygen atoms in total. The number of rotatable bonds is 3. The van der Waals surface area contributed by atoms with Crippen LogP contribution in [0.4, 0.5) is 0 Å². The molecule has 1 amide bonds. The van der Waals surface area contributed by atoms with Crippen LogP contribution in [-0.4, -0.2) is 32.6 Å². The number of aromatic nitrogens is 3. The predicted molar refractivity (Wildman–Crippen MR) is 88.1 cm³/mol. The zero-order valence-corrected chi connectivity index (χ0v) is 13.9. The fourth-order valence-corrected chi connectivity index (χ4v) is 3.46. The first-order chi connectivity index (χ1) is 10.5. The molecule has 3 rings (SSSR count). The minimum Gasteiger partial charge on any atom is -0.331 e. The van der Waals surface area contributed by atoms with Crippen molar-refractivity contribution in [3.05, 3.63) is 46.7 Å². The average Bonchev–Trinajstić information content (AvgIpc) is 3.07. The SMILES string of the molecule is Cc1cn(C)nc1C(=O)N(C)C(C)c1nc2ccccc2s1. The summed E-state index contributed by atoms with van der Waals surface area (Å²) in [7, 11) is 3.62. The number of nitrogens with zero attached hydrogens (tertiary/aromatic N) is 4. The molecule has 0 aliphatic carbocycles. The summed E-state index contributed by atoms with van der Waals surface area (Å²) in [5.41, 5.74) is 2.36. The third-order valence-corrected chi connectivity index (χ3v) is 4.99. The first-order valence-electron chi connectivity index (χ1n) is 7.10. The monoisotopic (exact) mass is 314 g/mol. The summed E-state index contributed by atoms with van der Waals surface area (Å²) in [4.78, 5) is 19.0. The van der Waals surface area contributed by atoms with E-state index in [1.54, 1.807) is 28.0 Å². The highest BCUT2D eigenvalue weighted by molar-refractivity contribution is 7.18. The molecular formula is C16H18N4OS. The van der Waals surface area contributed by atoms with Gasteiger partial charge in [-0.2, -0.15) is 5.10 Å². The Morgan fingerprint density at radius 3 is 2.73 bits per heavy atom. The molecule has 114 valence electrons. The Bertz CT molecular complexity index is 803. The molecule has 1 atom stereocenters. The quantitative estimate of drug-likeness (QED) is 0.746. The highest BCUT2D eigenvalue weighted by Crippen LogP contribution is 2.29. The lowest BCUT2D eigenvalue weighted by Crippen LogP contribution is -2.30. The van der Waals surface area contributed by atoms with Gasteiger partial charge in [-0.15, -0.1) is 11.3 Å². The summed E-state index contributed by atoms with van der Waals surface area (Å²) in [6, 6.07) is 7.93. The number of thiazole rings is 1. The number of hydrogen-bond donors (Lipinski definition) is 0. The van der Waals surface area contributed by atoms with Gasteiger partial charge in [0.2, 0.25) is 0 Å². The summed E-state index contributed by atoms with van der Waals surface area (Å²) >= 11 is 1.63. The zero-order valence-electron chi connectivity index (χ0n) is 13.1. The molecule has 0 saturated carbocycles. The van der Waals surface area contributed by atoms with E-state index >= 15 is 0 Å². The molecule has 0 aliphatic rings. The van der Waals surface area contributed by atoms with Gasteiger partial charge in [0.1, 0.15) is 5.01 Å². The Labute approximate surface area is 133 Å². The van der Waals surface area contributed by atoms with E-state index in [4.69, 9.17) is 0 Å². The lowest BCUT2D eigenvalue weighted by Gasteiger charge is -2.22. The molecule has 1 aromatic carbocycles. The van der Waals surface area contributed by atoms with Gasteiger partial charge in [-0.05, 0) is 26.0 Å². The fraction of sp³-hybridized carbons (Fsp3) is 0.312. The number of benzene rings is 1. The van der Waals surface area contributed by atoms with Crippen LogP contribution in [0.25, 0.3) is 10.2 Å². The molecule has 0 spiro atoms. The van der Waals surface area contributed by atoms with E-state index in [9.17, 15) is 4.79 Å². The van der Waals surface area contributed by atoms with Gasteiger partial charge in [-0.1, -0.05) is 12.1 Å². The summed E-state index contributed by atoms with van der Waals surface area (Å²) in [6.45, 7) is 3.89. The lowest BCUT2D eigenvalue weighted by molar-refractivity contribution is 0.0735. The number of carbonyl (C=O) groups excluding carboxylic acids is 1. The maximum Gasteiger partial charge on any atom is 0.274 e. The van der Waals surface area contributed by atoms with Gasteiger partial charge in [0, 0.05) is 25.9 Å². The zero-order chi connectivity index (χ0) is 15.9. The van der Waals surface area contributed by atoms with Crippen LogP contribution < -0.4 is 0 Å². The highest BCUT2D eigenvalue weighted by Gasteiger charge is 2.24. The number of para-hydroxylation sites is 1. The summed E-state index contributed by atoms with van der Waals surface area (Å²) in [5, 5.41) is 5.19. The van der Waals surface area contributed by atoms with Gasteiger partial charge in [0.15, 0.2) is 5.69 Å². The van der Waals surface area contributed by atoms with Crippen molar-refractivity contribution in [2.75, 3.05) is 7.05 Å². The second kappa shape index (κ2) is 5.53. The van der Waals surface area contributed by atoms with Crippen LogP contribution in [0.5, 0.6) is 0 Å². The van der Waals surface area contributed by atoms with Crippen LogP contribution in [0.15, 0.2) is 30.5 Å². The predicted octanol–water partition coefficient (Wildman–Crippen LogP) is 3.17. The van der Waals surface area contributed by atoms with Crippen molar-refractivity contribution in [1.82, 2.24) is 19.7 Å². The molecule has 2 heterocycles. The fourth-order valence-electron chi connectivity index (χ4n) is 2.40. The summed E-state index contributed by atoms with van der Waals surface area (Å²) in [5.74, 6) is -0.0788. The third-order valence-electron chi connectivity index (χ3n) is 3.78. The van der Waals surface area contributed by atoms with Crippen molar-refractivity contribution >= 4 is 27.5 Å². The number of hydrogen-bond acceptors (Lipinski definition) is 4. The number of amides is 1. The maximum atomic E-state index is 12.6. The number of carbonyl (C=O) groups is 1. The maximum absolute atomic E-state index is 12.6. The van der Waals surface area contributed by atoms with Crippen LogP contribution >= 0.6 is 11.3 Å². The van der Waals surface area contributed by atoms with Gasteiger partial charge in [0.25, 0.3) is 5.91 Å². The summed E-state index contributed by atoms with van der Waals surface area (Å²) in [6.07, 6.45) is 1.85. The largest absolute Gasteiger partial charge is 0.331 e. The van der Waals surface area contributed by atoms with E-state index in [0.717, 1.165) is 20.8 Å². The van der Waals surface area contributed by atoms with Crippen LogP contribution in [0.2, 0.25) is 0 Å². The Hall–Kier alpha value is -2.21. The Kier molecular flexibility index (Phi) is 3.70. The minimum atomic E-state index is -0.0914. The molecule has 2 aromatic heterocycles. The molecule has 1 unspecified atom stereocenters. The molecule has 22 heavy (non-hydrogen) atoms. The molecule has 0 radical (unpaired) electrons. The first kappa shape index (κ1) is 14.7. The molecule has 0 aliphatic heterocycles. The molecule has 0 saturated heterocycles. The van der Waals surface area contributed by atoms with Crippen LogP contribution in [0.1, 0.15) is 34.0 Å².